The van der Waals surface area contributed by atoms with Crippen molar-refractivity contribution in [3.8, 4) is 0 Å². The zero-order valence-electron chi connectivity index (χ0n) is 21.0. The summed E-state index contributed by atoms with van der Waals surface area (Å²) in [5.41, 5.74) is 0. The molecule has 0 bridgehead atoms. The molecule has 0 saturated carbocycles. The van der Waals surface area contributed by atoms with Gasteiger partial charge in [0.1, 0.15) is 67.1 Å². The quantitative estimate of drug-likeness (QED) is 0.0902. The molecule has 2 rings (SSSR count). The highest BCUT2D eigenvalue weighted by atomic mass is 32.2. The number of aliphatic carboxylic acids is 1. The molecule has 2 saturated heterocycles. The number of aliphatic hydroxyl groups is 11. The maximum absolute atomic E-state index is 11.8. The number of carbonyl (C=O) groups excluding carboxylic acids is 1. The van der Waals surface area contributed by atoms with Crippen LogP contribution in [-0.4, -0.2) is 192 Å². The van der Waals surface area contributed by atoms with E-state index in [1.54, 1.807) is 0 Å². The van der Waals surface area contributed by atoms with Gasteiger partial charge in [0.25, 0.3) is 5.12 Å². The van der Waals surface area contributed by atoms with E-state index in [0.717, 1.165) is 0 Å². The first kappa shape index (κ1) is 35.7. The molecule has 0 aromatic rings. The van der Waals surface area contributed by atoms with Gasteiger partial charge < -0.3 is 80.2 Å². The molecular formula is C20H34O20S. The van der Waals surface area contributed by atoms with Gasteiger partial charge in [-0.15, -0.1) is 0 Å². The van der Waals surface area contributed by atoms with Crippen LogP contribution in [0, 0.1) is 0 Å². The standard InChI is InChI=1S/C20H34O20S/c21-1-6-10(26)13(29)16(32)20(39-6)38-3-7-11(27)14(30)17(33)19(40-7)37-2-5(22)9(25)12(28)15(31)18(34)41(35,36)4-8(23)24/h5-7,9-17,19-22,25-33H,1-4H2,(H,23,24)/t5-,6-,7-,9-,10-,11-,12+,13+,14+,15-,16-,17-,19+,20+/m1/s1. The van der Waals surface area contributed by atoms with Crippen LogP contribution in [0.15, 0.2) is 0 Å². The van der Waals surface area contributed by atoms with Crippen LogP contribution in [-0.2, 0) is 38.4 Å². The monoisotopic (exact) mass is 626 g/mol. The van der Waals surface area contributed by atoms with Gasteiger partial charge >= 0.3 is 5.97 Å². The Balaban J connectivity index is 1.98. The first-order chi connectivity index (χ1) is 18.9. The van der Waals surface area contributed by atoms with Crippen LogP contribution in [0.3, 0.4) is 0 Å². The van der Waals surface area contributed by atoms with Crippen molar-refractivity contribution in [1.82, 2.24) is 0 Å². The van der Waals surface area contributed by atoms with Gasteiger partial charge in [-0.25, -0.2) is 8.42 Å². The van der Waals surface area contributed by atoms with E-state index in [1.807, 2.05) is 0 Å². The first-order valence-electron chi connectivity index (χ1n) is 11.9. The number of hydrogen-bond donors (Lipinski definition) is 12. The molecule has 240 valence electrons. The second-order valence-electron chi connectivity index (χ2n) is 9.34. The van der Waals surface area contributed by atoms with E-state index >= 15 is 0 Å². The molecule has 41 heavy (non-hydrogen) atoms. The highest BCUT2D eigenvalue weighted by Crippen LogP contribution is 2.26. The van der Waals surface area contributed by atoms with Crippen molar-refractivity contribution in [2.45, 2.75) is 85.8 Å². The van der Waals surface area contributed by atoms with Gasteiger partial charge in [-0.05, 0) is 0 Å². The van der Waals surface area contributed by atoms with Crippen molar-refractivity contribution in [2.75, 3.05) is 25.6 Å². The maximum atomic E-state index is 11.8. The Morgan fingerprint density at radius 1 is 0.732 bits per heavy atom. The molecule has 0 radical (unpaired) electrons. The van der Waals surface area contributed by atoms with Gasteiger partial charge in [0.2, 0.25) is 9.84 Å². The minimum atomic E-state index is -5.10. The Morgan fingerprint density at radius 2 is 1.22 bits per heavy atom. The Hall–Kier alpha value is -1.51. The highest BCUT2D eigenvalue weighted by Gasteiger charge is 2.48. The number of carboxylic acid groups (broad SMARTS) is 1. The van der Waals surface area contributed by atoms with Crippen LogP contribution in [0.5, 0.6) is 0 Å². The van der Waals surface area contributed by atoms with Gasteiger partial charge in [0, 0.05) is 0 Å². The van der Waals surface area contributed by atoms with Gasteiger partial charge in [0.05, 0.1) is 19.8 Å². The summed E-state index contributed by atoms with van der Waals surface area (Å²) in [4.78, 5) is 22.4. The molecule has 14 atom stereocenters. The fraction of sp³-hybridized carbons (Fsp3) is 0.900. The summed E-state index contributed by atoms with van der Waals surface area (Å²) in [6.07, 6.45) is -27.7. The fourth-order valence-electron chi connectivity index (χ4n) is 3.85. The van der Waals surface area contributed by atoms with Crippen molar-refractivity contribution >= 4 is 20.9 Å². The topological polar surface area (TPSA) is 348 Å². The van der Waals surface area contributed by atoms with E-state index in [9.17, 15) is 74.2 Å². The normalized spacial score (nSPS) is 37.6. The van der Waals surface area contributed by atoms with Gasteiger partial charge in [-0.3, -0.25) is 9.59 Å². The summed E-state index contributed by atoms with van der Waals surface area (Å²) in [7, 11) is -5.10. The maximum Gasteiger partial charge on any atom is 0.319 e. The molecule has 2 fully saturated rings. The van der Waals surface area contributed by atoms with Crippen molar-refractivity contribution < 1.29 is 98.2 Å². The first-order valence-corrected chi connectivity index (χ1v) is 13.5. The van der Waals surface area contributed by atoms with Crippen LogP contribution in [0.2, 0.25) is 0 Å². The predicted molar refractivity (Wildman–Crippen MR) is 123 cm³/mol. The highest BCUT2D eigenvalue weighted by molar-refractivity contribution is 8.06. The molecule has 21 heteroatoms. The third-order valence-corrected chi connectivity index (χ3v) is 7.78. The van der Waals surface area contributed by atoms with Crippen LogP contribution >= 0.6 is 0 Å². The Labute approximate surface area is 231 Å². The average molecular weight is 627 g/mol. The Morgan fingerprint density at radius 3 is 1.73 bits per heavy atom. The molecule has 0 aromatic carbocycles. The number of carboxylic acids is 1. The molecule has 20 nitrogen and oxygen atoms in total. The summed E-state index contributed by atoms with van der Waals surface area (Å²) >= 11 is 0. The number of rotatable bonds is 13. The van der Waals surface area contributed by atoms with Crippen molar-refractivity contribution in [3.05, 3.63) is 0 Å². The number of ether oxygens (including phenoxy) is 4. The molecule has 2 heterocycles. The summed E-state index contributed by atoms with van der Waals surface area (Å²) in [5.74, 6) is -3.66. The summed E-state index contributed by atoms with van der Waals surface area (Å²) in [5, 5.41) is 116. The largest absolute Gasteiger partial charge is 0.480 e. The van der Waals surface area contributed by atoms with Gasteiger partial charge in [-0.1, -0.05) is 0 Å². The molecule has 12 N–H and O–H groups in total. The second-order valence-corrected chi connectivity index (χ2v) is 11.3. The van der Waals surface area contributed by atoms with Crippen LogP contribution in [0.25, 0.3) is 0 Å². The second kappa shape index (κ2) is 14.8. The molecule has 0 unspecified atom stereocenters. The van der Waals surface area contributed by atoms with E-state index in [4.69, 9.17) is 24.1 Å². The van der Waals surface area contributed by atoms with E-state index in [0.29, 0.717) is 0 Å². The smallest absolute Gasteiger partial charge is 0.319 e. The number of aliphatic hydroxyl groups excluding tert-OH is 11. The van der Waals surface area contributed by atoms with E-state index in [-0.39, 0.29) is 0 Å². The molecular weight excluding hydrogens is 592 g/mol. The lowest BCUT2D eigenvalue weighted by Crippen LogP contribution is -2.62. The SMILES string of the molecule is O=C(O)CS(=O)(=O)C(=O)[C@H](O)[C@@H](O)[C@H](O)[C@H](O)CO[C@H]1O[C@H](CO[C@H]2O[C@H](CO)[C@@H](O)[C@H](O)[C@H]2O)[C@@H](O)[C@H](O)[C@H]1O. The molecule has 0 spiro atoms. The summed E-state index contributed by atoms with van der Waals surface area (Å²) in [6, 6.07) is 0. The lowest BCUT2D eigenvalue weighted by Gasteiger charge is -2.42. The fourth-order valence-corrected chi connectivity index (χ4v) is 4.82. The average Bonchev–Trinajstić information content (AvgIpc) is 2.92. The molecule has 0 aromatic heterocycles. The number of carbonyl (C=O) groups is 2. The summed E-state index contributed by atoms with van der Waals surface area (Å²) in [6.45, 7) is -2.54. The lowest BCUT2D eigenvalue weighted by molar-refractivity contribution is -0.333. The van der Waals surface area contributed by atoms with Crippen molar-refractivity contribution in [2.24, 2.45) is 0 Å². The number of sulfone groups is 1. The van der Waals surface area contributed by atoms with E-state index < -0.39 is 132 Å². The zero-order valence-corrected chi connectivity index (χ0v) is 21.8. The Bertz CT molecular complexity index is 976. The molecule has 2 aliphatic rings. The van der Waals surface area contributed by atoms with Gasteiger partial charge in [-0.2, -0.15) is 0 Å². The van der Waals surface area contributed by atoms with Gasteiger partial charge in [0.15, 0.2) is 24.4 Å². The van der Waals surface area contributed by atoms with E-state index in [2.05, 4.69) is 0 Å². The van der Waals surface area contributed by atoms with Crippen LogP contribution in [0.1, 0.15) is 0 Å². The minimum Gasteiger partial charge on any atom is -0.480 e. The minimum absolute atomic E-state index is 0.712. The number of hydrogen-bond acceptors (Lipinski definition) is 19. The predicted octanol–water partition coefficient (Wildman–Crippen LogP) is -8.90. The van der Waals surface area contributed by atoms with Crippen LogP contribution in [0.4, 0.5) is 0 Å². The van der Waals surface area contributed by atoms with Crippen molar-refractivity contribution in [3.63, 3.8) is 0 Å². The van der Waals surface area contributed by atoms with E-state index in [1.165, 1.54) is 0 Å². The molecule has 0 amide bonds. The zero-order chi connectivity index (χ0) is 31.4. The summed E-state index contributed by atoms with van der Waals surface area (Å²) < 4.78 is 44.0. The Kier molecular flexibility index (Phi) is 12.9. The molecule has 2 aliphatic heterocycles. The third kappa shape index (κ3) is 8.54. The lowest BCUT2D eigenvalue weighted by atomic mass is 9.98. The third-order valence-electron chi connectivity index (χ3n) is 6.30. The van der Waals surface area contributed by atoms with Crippen molar-refractivity contribution in [1.29, 1.82) is 0 Å². The molecule has 0 aliphatic carbocycles. The van der Waals surface area contributed by atoms with Crippen LogP contribution < -0.4 is 0 Å².